The first-order valence-corrected chi connectivity index (χ1v) is 6.99. The summed E-state index contributed by atoms with van der Waals surface area (Å²) >= 11 is 0. The molecule has 1 aliphatic carbocycles. The third-order valence-electron chi connectivity index (χ3n) is 2.41. The Balaban J connectivity index is 2.25. The highest BCUT2D eigenvalue weighted by molar-refractivity contribution is 7.94. The lowest BCUT2D eigenvalue weighted by atomic mass is 10.2. The zero-order chi connectivity index (χ0) is 12.1. The van der Waals surface area contributed by atoms with E-state index < -0.39 is 9.84 Å². The predicted molar refractivity (Wildman–Crippen MR) is 69.7 cm³/mol. The Labute approximate surface area is 102 Å². The molecule has 0 N–H and O–H groups in total. The van der Waals surface area contributed by atoms with E-state index in [9.17, 15) is 8.42 Å². The maximum atomic E-state index is 12.1. The molecule has 3 heteroatoms. The van der Waals surface area contributed by atoms with Crippen molar-refractivity contribution >= 4 is 9.84 Å². The normalized spacial score (nSPS) is 14.9. The van der Waals surface area contributed by atoms with Gasteiger partial charge in [0, 0.05) is 4.91 Å². The van der Waals surface area contributed by atoms with Crippen LogP contribution in [0.1, 0.15) is 5.56 Å². The molecule has 0 aliphatic heterocycles. The van der Waals surface area contributed by atoms with Crippen molar-refractivity contribution in [2.75, 3.05) is 0 Å². The highest BCUT2D eigenvalue weighted by atomic mass is 32.2. The number of hydrogen-bond acceptors (Lipinski definition) is 2. The SMILES string of the molecule is O=S(=O)(Cc1ccccc1)C1=CC=C[CH-]C=C1. The zero-order valence-electron chi connectivity index (χ0n) is 9.28. The number of allylic oxidation sites excluding steroid dienone is 5. The van der Waals surface area contributed by atoms with Gasteiger partial charge in [-0.3, -0.25) is 0 Å². The van der Waals surface area contributed by atoms with Gasteiger partial charge in [-0.25, -0.2) is 8.42 Å². The lowest BCUT2D eigenvalue weighted by Crippen LogP contribution is -2.05. The van der Waals surface area contributed by atoms with Crippen molar-refractivity contribution in [3.05, 3.63) is 77.6 Å². The topological polar surface area (TPSA) is 34.1 Å². The standard InChI is InChI=1S/C14H13O2S/c15-17(16,12-13-8-4-3-5-9-13)14-10-6-1-2-7-11-14/h1-11H,12H2/q-1. The number of benzene rings is 1. The quantitative estimate of drug-likeness (QED) is 0.767. The van der Waals surface area contributed by atoms with E-state index in [1.165, 1.54) is 0 Å². The fourth-order valence-corrected chi connectivity index (χ4v) is 2.94. The molecule has 0 saturated heterocycles. The van der Waals surface area contributed by atoms with E-state index in [4.69, 9.17) is 0 Å². The summed E-state index contributed by atoms with van der Waals surface area (Å²) in [5.74, 6) is 0.0395. The van der Waals surface area contributed by atoms with Gasteiger partial charge >= 0.3 is 0 Å². The molecule has 0 heterocycles. The Bertz CT molecular complexity index is 563. The monoisotopic (exact) mass is 245 g/mol. The summed E-state index contributed by atoms with van der Waals surface area (Å²) in [6, 6.07) is 9.20. The van der Waals surface area contributed by atoms with Crippen LogP contribution < -0.4 is 0 Å². The van der Waals surface area contributed by atoms with Crippen LogP contribution in [0.25, 0.3) is 0 Å². The number of sulfone groups is 1. The summed E-state index contributed by atoms with van der Waals surface area (Å²) in [6.45, 7) is 0. The second-order valence-corrected chi connectivity index (χ2v) is 5.74. The highest BCUT2D eigenvalue weighted by Gasteiger charge is 2.13. The summed E-state index contributed by atoms with van der Waals surface area (Å²) in [5.41, 5.74) is 0.805. The molecule has 1 aromatic rings. The van der Waals surface area contributed by atoms with Gasteiger partial charge in [0.2, 0.25) is 0 Å². The molecule has 17 heavy (non-hydrogen) atoms. The van der Waals surface area contributed by atoms with E-state index in [0.29, 0.717) is 4.91 Å². The minimum atomic E-state index is -3.26. The third kappa shape index (κ3) is 3.11. The molecule has 0 unspecified atom stereocenters. The van der Waals surface area contributed by atoms with Crippen LogP contribution in [-0.4, -0.2) is 8.42 Å². The summed E-state index contributed by atoms with van der Waals surface area (Å²) in [5, 5.41) is 0. The molecule has 0 aromatic heterocycles. The Morgan fingerprint density at radius 3 is 2.59 bits per heavy atom. The van der Waals surface area contributed by atoms with Gasteiger partial charge in [-0.05, 0) is 5.56 Å². The summed E-state index contributed by atoms with van der Waals surface area (Å²) < 4.78 is 24.3. The van der Waals surface area contributed by atoms with Gasteiger partial charge < -0.3 is 0 Å². The average molecular weight is 245 g/mol. The van der Waals surface area contributed by atoms with Gasteiger partial charge in [-0.1, -0.05) is 30.3 Å². The van der Waals surface area contributed by atoms with Crippen LogP contribution in [0.4, 0.5) is 0 Å². The molecule has 2 rings (SSSR count). The summed E-state index contributed by atoms with van der Waals surface area (Å²) in [4.78, 5) is 0.353. The smallest absolute Gasteiger partial charge is 0.170 e. The maximum absolute atomic E-state index is 12.1. The van der Waals surface area contributed by atoms with Gasteiger partial charge in [-0.2, -0.15) is 24.6 Å². The fraction of sp³-hybridized carbons (Fsp3) is 0.0714. The number of rotatable bonds is 3. The molecule has 0 spiro atoms. The highest BCUT2D eigenvalue weighted by Crippen LogP contribution is 2.17. The van der Waals surface area contributed by atoms with Crippen LogP contribution in [0.3, 0.4) is 0 Å². The molecule has 1 aromatic carbocycles. The molecule has 88 valence electrons. The van der Waals surface area contributed by atoms with Crippen molar-refractivity contribution < 1.29 is 8.42 Å². The molecule has 1 aliphatic rings. The molecular formula is C14H13O2S-. The third-order valence-corrected chi connectivity index (χ3v) is 4.12. The Morgan fingerprint density at radius 2 is 1.82 bits per heavy atom. The Hall–Kier alpha value is -1.74. The van der Waals surface area contributed by atoms with Crippen LogP contribution in [0.15, 0.2) is 65.6 Å². The van der Waals surface area contributed by atoms with Gasteiger partial charge in [0.05, 0.1) is 5.75 Å². The largest absolute Gasteiger partial charge is 0.224 e. The summed E-state index contributed by atoms with van der Waals surface area (Å²) in [7, 11) is -3.26. The fourth-order valence-electron chi connectivity index (χ4n) is 1.57. The van der Waals surface area contributed by atoms with Crippen LogP contribution in [0.2, 0.25) is 0 Å². The van der Waals surface area contributed by atoms with Crippen molar-refractivity contribution in [2.24, 2.45) is 0 Å². The zero-order valence-corrected chi connectivity index (χ0v) is 10.1. The molecule has 0 fully saturated rings. The van der Waals surface area contributed by atoms with E-state index in [1.54, 1.807) is 24.3 Å². The second-order valence-electron chi connectivity index (χ2n) is 3.75. The van der Waals surface area contributed by atoms with Crippen LogP contribution >= 0.6 is 0 Å². The van der Waals surface area contributed by atoms with Crippen molar-refractivity contribution in [2.45, 2.75) is 5.75 Å². The maximum Gasteiger partial charge on any atom is 0.170 e. The van der Waals surface area contributed by atoms with Crippen molar-refractivity contribution in [3.8, 4) is 0 Å². The molecule has 0 radical (unpaired) electrons. The number of hydrogen-bond donors (Lipinski definition) is 0. The minimum absolute atomic E-state index is 0.0395. The first kappa shape index (κ1) is 11.7. The van der Waals surface area contributed by atoms with E-state index >= 15 is 0 Å². The van der Waals surface area contributed by atoms with Crippen LogP contribution in [0.5, 0.6) is 0 Å². The molecule has 0 bridgehead atoms. The van der Waals surface area contributed by atoms with Crippen molar-refractivity contribution in [1.29, 1.82) is 0 Å². The molecule has 0 saturated carbocycles. The Kier molecular flexibility index (Phi) is 3.49. The molecular weight excluding hydrogens is 232 g/mol. The summed E-state index contributed by atoms with van der Waals surface area (Å²) in [6.07, 6.45) is 10.3. The van der Waals surface area contributed by atoms with E-state index in [2.05, 4.69) is 0 Å². The first-order chi connectivity index (χ1) is 8.18. The van der Waals surface area contributed by atoms with Gasteiger partial charge in [0.25, 0.3) is 0 Å². The molecule has 2 nitrogen and oxygen atoms in total. The van der Waals surface area contributed by atoms with E-state index in [0.717, 1.165) is 5.56 Å². The van der Waals surface area contributed by atoms with Crippen LogP contribution in [0, 0.1) is 6.42 Å². The lowest BCUT2D eigenvalue weighted by Gasteiger charge is -2.07. The van der Waals surface area contributed by atoms with Crippen molar-refractivity contribution in [1.82, 2.24) is 0 Å². The minimum Gasteiger partial charge on any atom is -0.224 e. The Morgan fingerprint density at radius 1 is 1.06 bits per heavy atom. The second kappa shape index (κ2) is 5.06. The lowest BCUT2D eigenvalue weighted by molar-refractivity contribution is 0.602. The van der Waals surface area contributed by atoms with E-state index in [1.807, 2.05) is 42.8 Å². The van der Waals surface area contributed by atoms with E-state index in [-0.39, 0.29) is 5.75 Å². The van der Waals surface area contributed by atoms with Crippen molar-refractivity contribution in [3.63, 3.8) is 0 Å². The molecule has 0 amide bonds. The first-order valence-electron chi connectivity index (χ1n) is 5.33. The van der Waals surface area contributed by atoms with Gasteiger partial charge in [-0.15, -0.1) is 12.2 Å². The van der Waals surface area contributed by atoms with Gasteiger partial charge in [0.1, 0.15) is 0 Å². The van der Waals surface area contributed by atoms with Gasteiger partial charge in [0.15, 0.2) is 9.84 Å². The van der Waals surface area contributed by atoms with Crippen LogP contribution in [-0.2, 0) is 15.6 Å². The average Bonchev–Trinajstić information content (AvgIpc) is 2.58. The predicted octanol–water partition coefficient (Wildman–Crippen LogP) is 2.82. The molecule has 0 atom stereocenters.